The van der Waals surface area contributed by atoms with E-state index in [-0.39, 0.29) is 12.5 Å². The van der Waals surface area contributed by atoms with Gasteiger partial charge in [0.05, 0.1) is 24.1 Å². The van der Waals surface area contributed by atoms with Gasteiger partial charge in [0, 0.05) is 11.6 Å². The predicted molar refractivity (Wildman–Crippen MR) is 57.9 cm³/mol. The van der Waals surface area contributed by atoms with Gasteiger partial charge in [-0.2, -0.15) is 5.26 Å². The number of nitriles is 1. The molecule has 2 N–H and O–H groups in total. The maximum Gasteiger partial charge on any atom is 0.137 e. The molecule has 3 nitrogen and oxygen atoms in total. The summed E-state index contributed by atoms with van der Waals surface area (Å²) in [5, 5.41) is 8.55. The summed E-state index contributed by atoms with van der Waals surface area (Å²) in [5.41, 5.74) is 6.68. The Balaban J connectivity index is 3.08. The summed E-state index contributed by atoms with van der Waals surface area (Å²) in [4.78, 5) is 0. The van der Waals surface area contributed by atoms with Gasteiger partial charge in [-0.25, -0.2) is 0 Å². The van der Waals surface area contributed by atoms with E-state index in [9.17, 15) is 0 Å². The Morgan fingerprint density at radius 2 is 2.36 bits per heavy atom. The second kappa shape index (κ2) is 4.99. The Bertz CT molecular complexity index is 360. The molecule has 0 bridgehead atoms. The molecule has 0 aliphatic carbocycles. The van der Waals surface area contributed by atoms with Crippen molar-refractivity contribution in [1.29, 1.82) is 5.26 Å². The zero-order valence-corrected chi connectivity index (χ0v) is 9.41. The highest BCUT2D eigenvalue weighted by atomic mass is 79.9. The van der Waals surface area contributed by atoms with E-state index in [1.54, 1.807) is 7.11 Å². The van der Waals surface area contributed by atoms with Crippen LogP contribution in [0.4, 0.5) is 0 Å². The van der Waals surface area contributed by atoms with Gasteiger partial charge in [-0.05, 0) is 22.0 Å². The second-order valence-electron chi connectivity index (χ2n) is 2.83. The molecule has 0 heterocycles. The summed E-state index contributed by atoms with van der Waals surface area (Å²) in [5.74, 6) is 0.704. The van der Waals surface area contributed by atoms with Crippen molar-refractivity contribution >= 4 is 15.9 Å². The molecular formula is C10H11BrN2O. The molecule has 14 heavy (non-hydrogen) atoms. The van der Waals surface area contributed by atoms with Crippen molar-refractivity contribution in [3.05, 3.63) is 28.2 Å². The SMILES string of the molecule is COc1c(Br)cccc1[C@H](N)CC#N. The van der Waals surface area contributed by atoms with Gasteiger partial charge in [-0.15, -0.1) is 0 Å². The monoisotopic (exact) mass is 254 g/mol. The largest absolute Gasteiger partial charge is 0.495 e. The highest BCUT2D eigenvalue weighted by Crippen LogP contribution is 2.32. The molecule has 0 spiro atoms. The van der Waals surface area contributed by atoms with E-state index in [1.807, 2.05) is 24.3 Å². The number of nitrogens with two attached hydrogens (primary N) is 1. The van der Waals surface area contributed by atoms with Crippen molar-refractivity contribution in [1.82, 2.24) is 0 Å². The van der Waals surface area contributed by atoms with Crippen LogP contribution < -0.4 is 10.5 Å². The van der Waals surface area contributed by atoms with Crippen LogP contribution in [-0.2, 0) is 0 Å². The first kappa shape index (κ1) is 11.0. The molecule has 1 aromatic carbocycles. The van der Waals surface area contributed by atoms with Crippen LogP contribution >= 0.6 is 15.9 Å². The van der Waals surface area contributed by atoms with Crippen LogP contribution in [0.2, 0.25) is 0 Å². The summed E-state index contributed by atoms with van der Waals surface area (Å²) in [7, 11) is 1.59. The summed E-state index contributed by atoms with van der Waals surface area (Å²) in [6.45, 7) is 0. The zero-order valence-electron chi connectivity index (χ0n) is 7.83. The molecule has 0 saturated heterocycles. The normalized spacial score (nSPS) is 11.9. The first-order valence-electron chi connectivity index (χ1n) is 4.15. The number of rotatable bonds is 3. The molecule has 0 radical (unpaired) electrons. The first-order valence-corrected chi connectivity index (χ1v) is 4.95. The minimum absolute atomic E-state index is 0.285. The minimum atomic E-state index is -0.299. The molecule has 4 heteroatoms. The van der Waals surface area contributed by atoms with E-state index in [0.717, 1.165) is 10.0 Å². The Hall–Kier alpha value is -1.05. The van der Waals surface area contributed by atoms with Gasteiger partial charge >= 0.3 is 0 Å². The maximum absolute atomic E-state index is 8.55. The molecule has 1 aromatic rings. The van der Waals surface area contributed by atoms with Crippen molar-refractivity contribution in [3.63, 3.8) is 0 Å². The van der Waals surface area contributed by atoms with Crippen LogP contribution in [0.3, 0.4) is 0 Å². The molecule has 0 aliphatic rings. The van der Waals surface area contributed by atoms with E-state index < -0.39 is 0 Å². The first-order chi connectivity index (χ1) is 6.70. The van der Waals surface area contributed by atoms with Crippen LogP contribution in [0.5, 0.6) is 5.75 Å². The number of nitrogens with zero attached hydrogens (tertiary/aromatic N) is 1. The van der Waals surface area contributed by atoms with Gasteiger partial charge in [-0.3, -0.25) is 0 Å². The van der Waals surface area contributed by atoms with Gasteiger partial charge < -0.3 is 10.5 Å². The van der Waals surface area contributed by atoms with E-state index in [2.05, 4.69) is 15.9 Å². The standard InChI is InChI=1S/C10H11BrN2O/c1-14-10-7(9(13)5-6-12)3-2-4-8(10)11/h2-4,9H,5,13H2,1H3/t9-/m1/s1. The third-order valence-electron chi connectivity index (χ3n) is 1.91. The van der Waals surface area contributed by atoms with Gasteiger partial charge in [0.2, 0.25) is 0 Å². The molecular weight excluding hydrogens is 244 g/mol. The van der Waals surface area contributed by atoms with Crippen molar-refractivity contribution in [3.8, 4) is 11.8 Å². The molecule has 74 valence electrons. The van der Waals surface area contributed by atoms with Gasteiger partial charge in [0.25, 0.3) is 0 Å². The number of methoxy groups -OCH3 is 1. The Morgan fingerprint density at radius 3 is 2.93 bits per heavy atom. The van der Waals surface area contributed by atoms with E-state index >= 15 is 0 Å². The van der Waals surface area contributed by atoms with Gasteiger partial charge in [0.1, 0.15) is 5.75 Å². The summed E-state index contributed by atoms with van der Waals surface area (Å²) < 4.78 is 6.06. The number of halogens is 1. The Labute approximate surface area is 91.6 Å². The lowest BCUT2D eigenvalue weighted by molar-refractivity contribution is 0.403. The molecule has 1 rings (SSSR count). The number of benzene rings is 1. The molecule has 0 aliphatic heterocycles. The topological polar surface area (TPSA) is 59.0 Å². The van der Waals surface area contributed by atoms with Crippen LogP contribution in [0, 0.1) is 11.3 Å². The van der Waals surface area contributed by atoms with E-state index in [0.29, 0.717) is 5.75 Å². The fourth-order valence-corrected chi connectivity index (χ4v) is 1.78. The average molecular weight is 255 g/mol. The van der Waals surface area contributed by atoms with Crippen molar-refractivity contribution < 1.29 is 4.74 Å². The lowest BCUT2D eigenvalue weighted by Crippen LogP contribution is -2.10. The highest BCUT2D eigenvalue weighted by molar-refractivity contribution is 9.10. The average Bonchev–Trinajstić information content (AvgIpc) is 2.17. The number of hydrogen-bond donors (Lipinski definition) is 1. The molecule has 1 atom stereocenters. The predicted octanol–water partition coefficient (Wildman–Crippen LogP) is 2.37. The molecule has 0 aromatic heterocycles. The third-order valence-corrected chi connectivity index (χ3v) is 2.54. The smallest absolute Gasteiger partial charge is 0.137 e. The molecule has 0 unspecified atom stereocenters. The van der Waals surface area contributed by atoms with Crippen LogP contribution in [0.1, 0.15) is 18.0 Å². The van der Waals surface area contributed by atoms with Crippen molar-refractivity contribution in [2.75, 3.05) is 7.11 Å². The number of para-hydroxylation sites is 1. The van der Waals surface area contributed by atoms with E-state index in [4.69, 9.17) is 15.7 Å². The van der Waals surface area contributed by atoms with Crippen molar-refractivity contribution in [2.24, 2.45) is 5.73 Å². The van der Waals surface area contributed by atoms with Crippen LogP contribution in [-0.4, -0.2) is 7.11 Å². The maximum atomic E-state index is 8.55. The molecule has 0 fully saturated rings. The highest BCUT2D eigenvalue weighted by Gasteiger charge is 2.13. The quantitative estimate of drug-likeness (QED) is 0.901. The number of ether oxygens (including phenoxy) is 1. The Morgan fingerprint density at radius 1 is 1.64 bits per heavy atom. The van der Waals surface area contributed by atoms with Gasteiger partial charge in [0.15, 0.2) is 0 Å². The fourth-order valence-electron chi connectivity index (χ4n) is 1.24. The third kappa shape index (κ3) is 2.25. The summed E-state index contributed by atoms with van der Waals surface area (Å²) in [6.07, 6.45) is 0.285. The summed E-state index contributed by atoms with van der Waals surface area (Å²) >= 11 is 3.36. The zero-order chi connectivity index (χ0) is 10.6. The second-order valence-corrected chi connectivity index (χ2v) is 3.69. The van der Waals surface area contributed by atoms with Crippen LogP contribution in [0.25, 0.3) is 0 Å². The lowest BCUT2D eigenvalue weighted by Gasteiger charge is -2.14. The van der Waals surface area contributed by atoms with Crippen molar-refractivity contribution in [2.45, 2.75) is 12.5 Å². The fraction of sp³-hybridized carbons (Fsp3) is 0.300. The number of hydrogen-bond acceptors (Lipinski definition) is 3. The van der Waals surface area contributed by atoms with Crippen LogP contribution in [0.15, 0.2) is 22.7 Å². The van der Waals surface area contributed by atoms with E-state index in [1.165, 1.54) is 0 Å². The lowest BCUT2D eigenvalue weighted by atomic mass is 10.0. The molecule has 0 amide bonds. The van der Waals surface area contributed by atoms with Gasteiger partial charge in [-0.1, -0.05) is 12.1 Å². The minimum Gasteiger partial charge on any atom is -0.495 e. The summed E-state index contributed by atoms with van der Waals surface area (Å²) in [6, 6.07) is 7.36. The molecule has 0 saturated carbocycles. The Kier molecular flexibility index (Phi) is 3.93.